The number of para-hydroxylation sites is 1. The van der Waals surface area contributed by atoms with Gasteiger partial charge >= 0.3 is 6.18 Å². The lowest BCUT2D eigenvalue weighted by molar-refractivity contribution is -0.144. The number of benzene rings is 1. The molecule has 90 valence electrons. The third-order valence-corrected chi connectivity index (χ3v) is 2.26. The molecule has 1 N–H and O–H groups in total. The third-order valence-electron chi connectivity index (χ3n) is 1.96. The van der Waals surface area contributed by atoms with Crippen LogP contribution in [0.5, 0.6) is 5.75 Å². The van der Waals surface area contributed by atoms with Gasteiger partial charge in [-0.1, -0.05) is 23.7 Å². The van der Waals surface area contributed by atoms with Crippen LogP contribution < -0.4 is 0 Å². The van der Waals surface area contributed by atoms with Crippen LogP contribution in [0.3, 0.4) is 0 Å². The largest absolute Gasteiger partial charge is 0.506 e. The molecule has 0 spiro atoms. The molecule has 0 heterocycles. The molecule has 1 rings (SSSR count). The zero-order chi connectivity index (χ0) is 12.3. The summed E-state index contributed by atoms with van der Waals surface area (Å²) in [5.74, 6) is -0.168. The van der Waals surface area contributed by atoms with Gasteiger partial charge in [0, 0.05) is 12.1 Å². The number of phenolic OH excluding ortho intramolecular Hbond substituents is 1. The van der Waals surface area contributed by atoms with E-state index in [9.17, 15) is 18.3 Å². The van der Waals surface area contributed by atoms with E-state index in [0.29, 0.717) is 5.56 Å². The number of hydrogen-bond donors (Lipinski definition) is 1. The van der Waals surface area contributed by atoms with Crippen molar-refractivity contribution in [3.63, 3.8) is 0 Å². The Morgan fingerprint density at radius 2 is 2.00 bits per heavy atom. The van der Waals surface area contributed by atoms with Gasteiger partial charge in [-0.3, -0.25) is 4.90 Å². The van der Waals surface area contributed by atoms with Gasteiger partial charge in [0.25, 0.3) is 0 Å². The highest BCUT2D eigenvalue weighted by Gasteiger charge is 2.29. The van der Waals surface area contributed by atoms with Crippen LogP contribution in [0.4, 0.5) is 13.2 Å². The average molecular weight is 254 g/mol. The van der Waals surface area contributed by atoms with E-state index in [1.807, 2.05) is 0 Å². The highest BCUT2D eigenvalue weighted by Crippen LogP contribution is 2.28. The molecule has 0 saturated heterocycles. The molecule has 0 bridgehead atoms. The minimum Gasteiger partial charge on any atom is -0.506 e. The van der Waals surface area contributed by atoms with E-state index in [1.165, 1.54) is 19.2 Å². The van der Waals surface area contributed by atoms with Gasteiger partial charge < -0.3 is 5.11 Å². The first-order valence-electron chi connectivity index (χ1n) is 4.51. The summed E-state index contributed by atoms with van der Waals surface area (Å²) in [7, 11) is 1.33. The molecule has 6 heteroatoms. The average Bonchev–Trinajstić information content (AvgIpc) is 2.09. The van der Waals surface area contributed by atoms with E-state index < -0.39 is 12.7 Å². The van der Waals surface area contributed by atoms with Gasteiger partial charge in [-0.2, -0.15) is 13.2 Å². The minimum absolute atomic E-state index is 0.00803. The molecule has 0 aliphatic rings. The Morgan fingerprint density at radius 1 is 1.38 bits per heavy atom. The Kier molecular flexibility index (Phi) is 4.04. The molecule has 1 aromatic rings. The van der Waals surface area contributed by atoms with Crippen molar-refractivity contribution in [3.05, 3.63) is 28.8 Å². The van der Waals surface area contributed by atoms with Crippen LogP contribution in [0.1, 0.15) is 5.56 Å². The monoisotopic (exact) mass is 253 g/mol. The standard InChI is InChI=1S/C10H11ClF3NO/c1-15(6-10(12,13)14)5-7-3-2-4-8(11)9(7)16/h2-4,16H,5-6H2,1H3. The number of aromatic hydroxyl groups is 1. The molecule has 0 amide bonds. The zero-order valence-electron chi connectivity index (χ0n) is 8.55. The lowest BCUT2D eigenvalue weighted by Crippen LogP contribution is -2.30. The van der Waals surface area contributed by atoms with Crippen molar-refractivity contribution in [2.24, 2.45) is 0 Å². The zero-order valence-corrected chi connectivity index (χ0v) is 9.31. The Labute approximate surface area is 96.2 Å². The number of hydrogen-bond acceptors (Lipinski definition) is 2. The SMILES string of the molecule is CN(Cc1cccc(Cl)c1O)CC(F)(F)F. The van der Waals surface area contributed by atoms with Crippen LogP contribution in [0.25, 0.3) is 0 Å². The second-order valence-corrected chi connectivity index (χ2v) is 3.94. The van der Waals surface area contributed by atoms with E-state index in [0.717, 1.165) is 4.90 Å². The maximum Gasteiger partial charge on any atom is 0.401 e. The summed E-state index contributed by atoms with van der Waals surface area (Å²) >= 11 is 5.64. The first-order chi connectivity index (χ1) is 7.29. The molecular weight excluding hydrogens is 243 g/mol. The van der Waals surface area contributed by atoms with Gasteiger partial charge in [-0.05, 0) is 13.1 Å². The first-order valence-corrected chi connectivity index (χ1v) is 4.89. The summed E-state index contributed by atoms with van der Waals surface area (Å²) in [6.45, 7) is -1.04. The molecule has 0 radical (unpaired) electrons. The van der Waals surface area contributed by atoms with Crippen molar-refractivity contribution in [1.29, 1.82) is 0 Å². The van der Waals surface area contributed by atoms with Crippen LogP contribution >= 0.6 is 11.6 Å². The maximum absolute atomic E-state index is 12.1. The quantitative estimate of drug-likeness (QED) is 0.895. The number of alkyl halides is 3. The molecule has 16 heavy (non-hydrogen) atoms. The fourth-order valence-electron chi connectivity index (χ4n) is 1.34. The topological polar surface area (TPSA) is 23.5 Å². The van der Waals surface area contributed by atoms with E-state index in [-0.39, 0.29) is 17.3 Å². The summed E-state index contributed by atoms with van der Waals surface area (Å²) in [6, 6.07) is 4.59. The summed E-state index contributed by atoms with van der Waals surface area (Å²) in [5, 5.41) is 9.64. The van der Waals surface area contributed by atoms with Crippen molar-refractivity contribution in [2.75, 3.05) is 13.6 Å². The van der Waals surface area contributed by atoms with Crippen LogP contribution in [-0.4, -0.2) is 29.8 Å². The van der Waals surface area contributed by atoms with Crippen LogP contribution in [0, 0.1) is 0 Å². The fourth-order valence-corrected chi connectivity index (χ4v) is 1.53. The second kappa shape index (κ2) is 4.93. The number of halogens is 4. The normalized spacial score (nSPS) is 12.1. The highest BCUT2D eigenvalue weighted by molar-refractivity contribution is 6.32. The van der Waals surface area contributed by atoms with Gasteiger partial charge in [0.2, 0.25) is 0 Å². The van der Waals surface area contributed by atoms with Crippen LogP contribution in [0.2, 0.25) is 5.02 Å². The molecule has 0 atom stereocenters. The van der Waals surface area contributed by atoms with Gasteiger partial charge in [0.15, 0.2) is 0 Å². The predicted octanol–water partition coefficient (Wildman–Crippen LogP) is 3.04. The van der Waals surface area contributed by atoms with Crippen molar-refractivity contribution >= 4 is 11.6 Å². The van der Waals surface area contributed by atoms with Gasteiger partial charge in [-0.15, -0.1) is 0 Å². The molecule has 0 saturated carbocycles. The Morgan fingerprint density at radius 3 is 2.56 bits per heavy atom. The molecule has 0 aliphatic carbocycles. The molecule has 0 fully saturated rings. The highest BCUT2D eigenvalue weighted by atomic mass is 35.5. The Balaban J connectivity index is 2.70. The summed E-state index contributed by atoms with van der Waals surface area (Å²) in [5.41, 5.74) is 0.374. The molecular formula is C10H11ClF3NO. The van der Waals surface area contributed by atoms with E-state index in [4.69, 9.17) is 11.6 Å². The van der Waals surface area contributed by atoms with Crippen molar-refractivity contribution in [1.82, 2.24) is 4.90 Å². The molecule has 0 aromatic heterocycles. The molecule has 1 aromatic carbocycles. The third kappa shape index (κ3) is 3.90. The van der Waals surface area contributed by atoms with Crippen molar-refractivity contribution < 1.29 is 18.3 Å². The summed E-state index contributed by atoms with van der Waals surface area (Å²) < 4.78 is 36.2. The van der Waals surface area contributed by atoms with Gasteiger partial charge in [-0.25, -0.2) is 0 Å². The minimum atomic E-state index is -4.25. The van der Waals surface area contributed by atoms with Gasteiger partial charge in [0.05, 0.1) is 11.6 Å². The van der Waals surface area contributed by atoms with Crippen LogP contribution in [0.15, 0.2) is 18.2 Å². The molecule has 0 unspecified atom stereocenters. The second-order valence-electron chi connectivity index (χ2n) is 3.54. The number of rotatable bonds is 3. The molecule has 0 aliphatic heterocycles. The van der Waals surface area contributed by atoms with E-state index >= 15 is 0 Å². The van der Waals surface area contributed by atoms with Crippen molar-refractivity contribution in [2.45, 2.75) is 12.7 Å². The number of phenols is 1. The first kappa shape index (κ1) is 13.1. The fraction of sp³-hybridized carbons (Fsp3) is 0.400. The smallest absolute Gasteiger partial charge is 0.401 e. The Bertz CT molecular complexity index is 368. The summed E-state index contributed by atoms with van der Waals surface area (Å²) in [4.78, 5) is 1.06. The summed E-state index contributed by atoms with van der Waals surface area (Å²) in [6.07, 6.45) is -4.25. The maximum atomic E-state index is 12.1. The van der Waals surface area contributed by atoms with E-state index in [2.05, 4.69) is 0 Å². The van der Waals surface area contributed by atoms with Crippen molar-refractivity contribution in [3.8, 4) is 5.75 Å². The predicted molar refractivity (Wildman–Crippen MR) is 55.5 cm³/mol. The lowest BCUT2D eigenvalue weighted by atomic mass is 10.2. The lowest BCUT2D eigenvalue weighted by Gasteiger charge is -2.19. The Hall–Kier alpha value is -0.940. The van der Waals surface area contributed by atoms with E-state index in [1.54, 1.807) is 6.07 Å². The number of nitrogens with zero attached hydrogens (tertiary/aromatic N) is 1. The van der Waals surface area contributed by atoms with Crippen LogP contribution in [-0.2, 0) is 6.54 Å². The van der Waals surface area contributed by atoms with Gasteiger partial charge in [0.1, 0.15) is 5.75 Å². The molecule has 2 nitrogen and oxygen atoms in total.